The van der Waals surface area contributed by atoms with Crippen LogP contribution >= 0.6 is 58.8 Å². The van der Waals surface area contributed by atoms with Crippen molar-refractivity contribution in [2.24, 2.45) is 0 Å². The molecular formula is C21H34S5. The van der Waals surface area contributed by atoms with Crippen LogP contribution in [0.3, 0.4) is 0 Å². The molecule has 148 valence electrons. The highest BCUT2D eigenvalue weighted by Crippen LogP contribution is 2.61. The zero-order chi connectivity index (χ0) is 18.8. The summed E-state index contributed by atoms with van der Waals surface area (Å²) in [6.07, 6.45) is 14.2. The summed E-state index contributed by atoms with van der Waals surface area (Å²) in [6, 6.07) is 0. The van der Waals surface area contributed by atoms with Crippen molar-refractivity contribution < 1.29 is 0 Å². The summed E-state index contributed by atoms with van der Waals surface area (Å²) in [5.74, 6) is 1.29. The number of hydrogen-bond donors (Lipinski definition) is 0. The Morgan fingerprint density at radius 1 is 0.577 bits per heavy atom. The summed E-state index contributed by atoms with van der Waals surface area (Å²) in [5, 5.41) is 0. The van der Waals surface area contributed by atoms with Crippen molar-refractivity contribution in [2.45, 2.75) is 91.9 Å². The molecule has 0 atom stereocenters. The first kappa shape index (κ1) is 23.3. The highest BCUT2D eigenvalue weighted by Gasteiger charge is 2.25. The quantitative estimate of drug-likeness (QED) is 0.272. The second-order valence-corrected chi connectivity index (χ2v) is 13.5. The Bertz CT molecular complexity index is 529. The first-order valence-corrected chi connectivity index (χ1v) is 14.3. The van der Waals surface area contributed by atoms with Crippen LogP contribution in [0.25, 0.3) is 0 Å². The second kappa shape index (κ2) is 13.2. The summed E-state index contributed by atoms with van der Waals surface area (Å²) in [5.41, 5.74) is 0. The van der Waals surface area contributed by atoms with Crippen LogP contribution in [0, 0.1) is 0 Å². The average molecular weight is 447 g/mol. The van der Waals surface area contributed by atoms with E-state index in [1.165, 1.54) is 93.2 Å². The fraction of sp³-hybridized carbons (Fsp3) is 0.714. The van der Waals surface area contributed by atoms with Crippen LogP contribution in [-0.4, -0.2) is 5.75 Å². The molecule has 0 N–H and O–H groups in total. The third-order valence-corrected chi connectivity index (χ3v) is 12.0. The lowest BCUT2D eigenvalue weighted by Crippen LogP contribution is -1.84. The van der Waals surface area contributed by atoms with Gasteiger partial charge in [-0.25, -0.2) is 0 Å². The van der Waals surface area contributed by atoms with E-state index in [2.05, 4.69) is 39.5 Å². The van der Waals surface area contributed by atoms with Gasteiger partial charge < -0.3 is 0 Å². The van der Waals surface area contributed by atoms with E-state index in [1.54, 1.807) is 4.24 Å². The van der Waals surface area contributed by atoms with E-state index in [0.29, 0.717) is 0 Å². The lowest BCUT2D eigenvalue weighted by atomic mass is 10.1. The zero-order valence-corrected chi connectivity index (χ0v) is 20.9. The molecule has 0 radical (unpaired) electrons. The Hall–Kier alpha value is 0.970. The Morgan fingerprint density at radius 3 is 1.62 bits per heavy atom. The fourth-order valence-corrected chi connectivity index (χ4v) is 9.84. The van der Waals surface area contributed by atoms with Crippen LogP contribution in [0.2, 0.25) is 0 Å². The van der Waals surface area contributed by atoms with Crippen LogP contribution in [-0.2, 0) is 0 Å². The standard InChI is InChI=1S/C21H34S5/c1-5-6-7-8-9-10-11-12-13-14-15-22-19-18(4)25-21(26-19)20-23-16(2)17(3)24-20/h5-15H2,1-4H3. The third kappa shape index (κ3) is 8.14. The van der Waals surface area contributed by atoms with Gasteiger partial charge >= 0.3 is 0 Å². The van der Waals surface area contributed by atoms with Gasteiger partial charge in [-0.05, 0) is 42.8 Å². The smallest absolute Gasteiger partial charge is 0.0708 e. The Balaban J connectivity index is 1.53. The molecule has 2 rings (SSSR count). The first-order valence-electron chi connectivity index (χ1n) is 10.1. The van der Waals surface area contributed by atoms with E-state index >= 15 is 0 Å². The highest BCUT2D eigenvalue weighted by atomic mass is 32.2. The van der Waals surface area contributed by atoms with E-state index in [9.17, 15) is 0 Å². The zero-order valence-electron chi connectivity index (χ0n) is 16.8. The number of thioether (sulfide) groups is 5. The molecule has 0 bridgehead atoms. The van der Waals surface area contributed by atoms with Crippen molar-refractivity contribution in [3.8, 4) is 0 Å². The SMILES string of the molecule is CCCCCCCCCCCCSC1=C(C)SC(=C2SC(C)=C(C)S2)S1. The summed E-state index contributed by atoms with van der Waals surface area (Å²) in [6.45, 7) is 9.07. The molecule has 0 amide bonds. The minimum atomic E-state index is 1.29. The molecule has 0 aromatic heterocycles. The molecule has 0 aromatic carbocycles. The van der Waals surface area contributed by atoms with E-state index in [-0.39, 0.29) is 0 Å². The second-order valence-electron chi connectivity index (χ2n) is 6.97. The lowest BCUT2D eigenvalue weighted by Gasteiger charge is -2.04. The lowest BCUT2D eigenvalue weighted by molar-refractivity contribution is 0.563. The van der Waals surface area contributed by atoms with Crippen molar-refractivity contribution in [1.82, 2.24) is 0 Å². The van der Waals surface area contributed by atoms with Gasteiger partial charge in [0.05, 0.1) is 12.7 Å². The molecule has 0 aliphatic carbocycles. The molecule has 0 aromatic rings. The van der Waals surface area contributed by atoms with Gasteiger partial charge in [0, 0.05) is 4.91 Å². The minimum absolute atomic E-state index is 1.29. The molecule has 0 saturated heterocycles. The van der Waals surface area contributed by atoms with Crippen LogP contribution in [0.4, 0.5) is 0 Å². The normalized spacial score (nSPS) is 18.0. The van der Waals surface area contributed by atoms with E-state index in [0.717, 1.165) is 0 Å². The van der Waals surface area contributed by atoms with Gasteiger partial charge in [-0.1, -0.05) is 112 Å². The summed E-state index contributed by atoms with van der Waals surface area (Å²) < 4.78 is 4.57. The number of unbranched alkanes of at least 4 members (excludes halogenated alkanes) is 9. The molecule has 0 saturated carbocycles. The molecule has 5 heteroatoms. The van der Waals surface area contributed by atoms with Crippen molar-refractivity contribution in [3.05, 3.63) is 27.4 Å². The van der Waals surface area contributed by atoms with Crippen LogP contribution in [0.5, 0.6) is 0 Å². The van der Waals surface area contributed by atoms with Crippen LogP contribution in [0.1, 0.15) is 91.9 Å². The first-order chi connectivity index (χ1) is 12.6. The van der Waals surface area contributed by atoms with Crippen LogP contribution < -0.4 is 0 Å². The molecule has 0 unspecified atom stereocenters. The van der Waals surface area contributed by atoms with Crippen LogP contribution in [0.15, 0.2) is 27.4 Å². The van der Waals surface area contributed by atoms with Gasteiger partial charge in [0.25, 0.3) is 0 Å². The Morgan fingerprint density at radius 2 is 1.04 bits per heavy atom. The number of hydrogen-bond acceptors (Lipinski definition) is 5. The van der Waals surface area contributed by atoms with E-state index < -0.39 is 0 Å². The van der Waals surface area contributed by atoms with E-state index in [1.807, 2.05) is 47.0 Å². The monoisotopic (exact) mass is 446 g/mol. The molecular weight excluding hydrogens is 413 g/mol. The number of rotatable bonds is 12. The Labute approximate surface area is 183 Å². The minimum Gasteiger partial charge on any atom is -0.118 e. The molecule has 0 nitrogen and oxygen atoms in total. The van der Waals surface area contributed by atoms with Gasteiger partial charge in [0.2, 0.25) is 0 Å². The molecule has 2 aliphatic rings. The average Bonchev–Trinajstić information content (AvgIpc) is 3.15. The van der Waals surface area contributed by atoms with Gasteiger partial charge in [-0.15, -0.1) is 11.8 Å². The van der Waals surface area contributed by atoms with Crippen molar-refractivity contribution >= 4 is 58.8 Å². The topological polar surface area (TPSA) is 0 Å². The maximum absolute atomic E-state index is 2.30. The van der Waals surface area contributed by atoms with Gasteiger partial charge in [0.1, 0.15) is 0 Å². The molecule has 0 spiro atoms. The maximum atomic E-state index is 2.30. The van der Waals surface area contributed by atoms with Crippen molar-refractivity contribution in [3.63, 3.8) is 0 Å². The molecule has 0 fully saturated rings. The predicted molar refractivity (Wildman–Crippen MR) is 133 cm³/mol. The summed E-state index contributed by atoms with van der Waals surface area (Å²) in [7, 11) is 0. The van der Waals surface area contributed by atoms with E-state index in [4.69, 9.17) is 0 Å². The molecule has 2 heterocycles. The van der Waals surface area contributed by atoms with Gasteiger partial charge in [0.15, 0.2) is 0 Å². The number of allylic oxidation sites excluding steroid dienone is 3. The third-order valence-electron chi connectivity index (χ3n) is 4.60. The Kier molecular flexibility index (Phi) is 11.8. The fourth-order valence-electron chi connectivity index (χ4n) is 2.85. The molecule has 26 heavy (non-hydrogen) atoms. The van der Waals surface area contributed by atoms with Crippen molar-refractivity contribution in [2.75, 3.05) is 5.75 Å². The van der Waals surface area contributed by atoms with Crippen molar-refractivity contribution in [1.29, 1.82) is 0 Å². The predicted octanol–water partition coefficient (Wildman–Crippen LogP) is 10.2. The summed E-state index contributed by atoms with van der Waals surface area (Å²) in [4.78, 5) is 4.46. The van der Waals surface area contributed by atoms with Gasteiger partial charge in [-0.3, -0.25) is 0 Å². The van der Waals surface area contributed by atoms with Gasteiger partial charge in [-0.2, -0.15) is 0 Å². The highest BCUT2D eigenvalue weighted by molar-refractivity contribution is 8.38. The largest absolute Gasteiger partial charge is 0.118 e. The summed E-state index contributed by atoms with van der Waals surface area (Å²) >= 11 is 10.0. The molecule has 2 aliphatic heterocycles. The maximum Gasteiger partial charge on any atom is 0.0708 e.